The molecular formula is C17H22INS. The van der Waals surface area contributed by atoms with Gasteiger partial charge in [0.2, 0.25) is 0 Å². The SMILES string of the molecule is CCNC(c1ccc(I)cc1)c1ccc(C(C)(C)C)s1. The summed E-state index contributed by atoms with van der Waals surface area (Å²) in [5.41, 5.74) is 1.57. The van der Waals surface area contributed by atoms with E-state index in [1.54, 1.807) is 0 Å². The molecule has 1 N–H and O–H groups in total. The zero-order valence-corrected chi connectivity index (χ0v) is 15.5. The monoisotopic (exact) mass is 399 g/mol. The summed E-state index contributed by atoms with van der Waals surface area (Å²) in [7, 11) is 0. The van der Waals surface area contributed by atoms with Gasteiger partial charge in [-0.05, 0) is 64.4 Å². The summed E-state index contributed by atoms with van der Waals surface area (Å²) in [6, 6.07) is 13.7. The predicted octanol–water partition coefficient (Wildman–Crippen LogP) is 5.35. The van der Waals surface area contributed by atoms with E-state index in [0.717, 1.165) is 6.54 Å². The lowest BCUT2D eigenvalue weighted by molar-refractivity contribution is 0.604. The summed E-state index contributed by atoms with van der Waals surface area (Å²) in [6.45, 7) is 9.96. The molecule has 0 amide bonds. The third kappa shape index (κ3) is 3.83. The lowest BCUT2D eigenvalue weighted by Gasteiger charge is -2.18. The van der Waals surface area contributed by atoms with Crippen molar-refractivity contribution in [1.82, 2.24) is 5.32 Å². The topological polar surface area (TPSA) is 12.0 Å². The molecule has 2 aromatic rings. The molecule has 0 radical (unpaired) electrons. The van der Waals surface area contributed by atoms with E-state index in [4.69, 9.17) is 0 Å². The van der Waals surface area contributed by atoms with Crippen LogP contribution in [0.3, 0.4) is 0 Å². The highest BCUT2D eigenvalue weighted by Gasteiger charge is 2.20. The molecule has 0 fully saturated rings. The van der Waals surface area contributed by atoms with Crippen molar-refractivity contribution in [2.75, 3.05) is 6.54 Å². The molecule has 0 aliphatic heterocycles. The van der Waals surface area contributed by atoms with Gasteiger partial charge in [0.25, 0.3) is 0 Å². The van der Waals surface area contributed by atoms with Crippen LogP contribution in [0.15, 0.2) is 36.4 Å². The summed E-state index contributed by atoms with van der Waals surface area (Å²) >= 11 is 4.28. The fraction of sp³-hybridized carbons (Fsp3) is 0.412. The molecule has 1 heterocycles. The normalized spacial score (nSPS) is 13.4. The van der Waals surface area contributed by atoms with Crippen LogP contribution >= 0.6 is 33.9 Å². The maximum Gasteiger partial charge on any atom is 0.0671 e. The summed E-state index contributed by atoms with van der Waals surface area (Å²) in [6.07, 6.45) is 0. The molecule has 0 aliphatic rings. The van der Waals surface area contributed by atoms with Gasteiger partial charge >= 0.3 is 0 Å². The van der Waals surface area contributed by atoms with E-state index in [1.165, 1.54) is 18.9 Å². The highest BCUT2D eigenvalue weighted by molar-refractivity contribution is 14.1. The van der Waals surface area contributed by atoms with Gasteiger partial charge in [-0.2, -0.15) is 0 Å². The van der Waals surface area contributed by atoms with Crippen molar-refractivity contribution < 1.29 is 0 Å². The van der Waals surface area contributed by atoms with Gasteiger partial charge in [-0.3, -0.25) is 0 Å². The van der Waals surface area contributed by atoms with Gasteiger partial charge in [-0.15, -0.1) is 11.3 Å². The molecule has 1 unspecified atom stereocenters. The molecule has 0 saturated carbocycles. The van der Waals surface area contributed by atoms with Gasteiger partial charge in [-0.25, -0.2) is 0 Å². The molecule has 108 valence electrons. The highest BCUT2D eigenvalue weighted by atomic mass is 127. The molecule has 1 atom stereocenters. The Bertz CT molecular complexity index is 551. The molecule has 20 heavy (non-hydrogen) atoms. The standard InChI is InChI=1S/C17H22INS/c1-5-19-16(12-6-8-13(18)9-7-12)14-10-11-15(20-14)17(2,3)4/h6-11,16,19H,5H2,1-4H3. The molecule has 0 spiro atoms. The van der Waals surface area contributed by atoms with Crippen LogP contribution in [-0.2, 0) is 5.41 Å². The molecule has 1 aromatic carbocycles. The second-order valence-corrected chi connectivity index (χ2v) is 8.36. The summed E-state index contributed by atoms with van der Waals surface area (Å²) in [5.74, 6) is 0. The maximum absolute atomic E-state index is 3.61. The number of thiophene rings is 1. The Morgan fingerprint density at radius 3 is 2.25 bits per heavy atom. The minimum Gasteiger partial charge on any atom is -0.306 e. The molecule has 0 saturated heterocycles. The third-order valence-electron chi connectivity index (χ3n) is 3.26. The second kappa shape index (κ2) is 6.58. The summed E-state index contributed by atoms with van der Waals surface area (Å²) < 4.78 is 1.28. The minimum absolute atomic E-state index is 0.228. The minimum atomic E-state index is 0.228. The van der Waals surface area contributed by atoms with Crippen LogP contribution < -0.4 is 5.32 Å². The second-order valence-electron chi connectivity index (χ2n) is 5.99. The van der Waals surface area contributed by atoms with E-state index in [9.17, 15) is 0 Å². The molecule has 2 rings (SSSR count). The van der Waals surface area contributed by atoms with Crippen LogP contribution in [0, 0.1) is 3.57 Å². The molecular weight excluding hydrogens is 377 g/mol. The molecule has 3 heteroatoms. The Hall–Kier alpha value is -0.390. The number of hydrogen-bond donors (Lipinski definition) is 1. The first-order valence-electron chi connectivity index (χ1n) is 7.01. The van der Waals surface area contributed by atoms with Crippen molar-refractivity contribution in [3.05, 3.63) is 55.3 Å². The van der Waals surface area contributed by atoms with E-state index in [2.05, 4.69) is 92.0 Å². The number of nitrogens with one attached hydrogen (secondary N) is 1. The van der Waals surface area contributed by atoms with Crippen LogP contribution in [0.25, 0.3) is 0 Å². The van der Waals surface area contributed by atoms with Gasteiger partial charge < -0.3 is 5.32 Å². The first-order chi connectivity index (χ1) is 9.41. The van der Waals surface area contributed by atoms with Crippen LogP contribution in [0.2, 0.25) is 0 Å². The average molecular weight is 399 g/mol. The smallest absolute Gasteiger partial charge is 0.0671 e. The average Bonchev–Trinajstić information content (AvgIpc) is 2.86. The van der Waals surface area contributed by atoms with Crippen LogP contribution in [0.1, 0.15) is 49.1 Å². The first-order valence-corrected chi connectivity index (χ1v) is 8.90. The van der Waals surface area contributed by atoms with E-state index >= 15 is 0 Å². The van der Waals surface area contributed by atoms with Gasteiger partial charge in [-0.1, -0.05) is 39.8 Å². The molecule has 0 bridgehead atoms. The van der Waals surface area contributed by atoms with Crippen molar-refractivity contribution in [2.24, 2.45) is 0 Å². The van der Waals surface area contributed by atoms with Gasteiger partial charge in [0, 0.05) is 13.3 Å². The molecule has 1 nitrogen and oxygen atoms in total. The predicted molar refractivity (Wildman–Crippen MR) is 97.7 cm³/mol. The number of benzene rings is 1. The Balaban J connectivity index is 2.33. The van der Waals surface area contributed by atoms with E-state index in [0.29, 0.717) is 6.04 Å². The van der Waals surface area contributed by atoms with E-state index < -0.39 is 0 Å². The lowest BCUT2D eigenvalue weighted by atomic mass is 9.95. The van der Waals surface area contributed by atoms with Crippen molar-refractivity contribution in [3.63, 3.8) is 0 Å². The fourth-order valence-electron chi connectivity index (χ4n) is 2.15. The fourth-order valence-corrected chi connectivity index (χ4v) is 3.68. The van der Waals surface area contributed by atoms with Crippen LogP contribution in [0.5, 0.6) is 0 Å². The molecule has 1 aromatic heterocycles. The van der Waals surface area contributed by atoms with Gasteiger partial charge in [0.1, 0.15) is 0 Å². The zero-order chi connectivity index (χ0) is 14.8. The third-order valence-corrected chi connectivity index (χ3v) is 5.56. The quantitative estimate of drug-likeness (QED) is 0.684. The number of hydrogen-bond acceptors (Lipinski definition) is 2. The van der Waals surface area contributed by atoms with Crippen molar-refractivity contribution in [2.45, 2.75) is 39.2 Å². The Morgan fingerprint density at radius 2 is 1.75 bits per heavy atom. The van der Waals surface area contributed by atoms with Crippen LogP contribution in [0.4, 0.5) is 0 Å². The van der Waals surface area contributed by atoms with Gasteiger partial charge in [0.05, 0.1) is 6.04 Å². The summed E-state index contributed by atoms with van der Waals surface area (Å²) in [5, 5.41) is 3.61. The van der Waals surface area contributed by atoms with Crippen LogP contribution in [-0.4, -0.2) is 6.54 Å². The Morgan fingerprint density at radius 1 is 1.10 bits per heavy atom. The van der Waals surface area contributed by atoms with Gasteiger partial charge in [0.15, 0.2) is 0 Å². The van der Waals surface area contributed by atoms with E-state index in [-0.39, 0.29) is 5.41 Å². The largest absolute Gasteiger partial charge is 0.306 e. The lowest BCUT2D eigenvalue weighted by Crippen LogP contribution is -2.21. The van der Waals surface area contributed by atoms with E-state index in [1.807, 2.05) is 11.3 Å². The van der Waals surface area contributed by atoms with Crippen molar-refractivity contribution in [3.8, 4) is 0 Å². The first kappa shape index (κ1) is 16.0. The van der Waals surface area contributed by atoms with Crippen molar-refractivity contribution in [1.29, 1.82) is 0 Å². The molecule has 0 aliphatic carbocycles. The highest BCUT2D eigenvalue weighted by Crippen LogP contribution is 2.34. The summed E-state index contributed by atoms with van der Waals surface area (Å²) in [4.78, 5) is 2.85. The Kier molecular flexibility index (Phi) is 5.26. The number of halogens is 1. The Labute approximate surface area is 139 Å². The number of rotatable bonds is 4. The zero-order valence-electron chi connectivity index (χ0n) is 12.5. The maximum atomic E-state index is 3.61. The van der Waals surface area contributed by atoms with Crippen molar-refractivity contribution >= 4 is 33.9 Å².